The number of hydrogen-bond donors (Lipinski definition) is 1. The Kier molecular flexibility index (Phi) is 3.42. The van der Waals surface area contributed by atoms with Crippen LogP contribution < -0.4 is 5.32 Å². The highest BCUT2D eigenvalue weighted by molar-refractivity contribution is 5.64. The second kappa shape index (κ2) is 5.36. The number of fused-ring (bicyclic) bond motifs is 1. The monoisotopic (exact) mass is 242 g/mol. The molecule has 1 heterocycles. The van der Waals surface area contributed by atoms with Crippen molar-refractivity contribution in [3.8, 4) is 0 Å². The summed E-state index contributed by atoms with van der Waals surface area (Å²) in [5, 5.41) is 3.33. The van der Waals surface area contributed by atoms with Crippen LogP contribution in [0.4, 0.5) is 0 Å². The Morgan fingerprint density at radius 2 is 2.06 bits per heavy atom. The maximum atomic E-state index is 5.64. The lowest BCUT2D eigenvalue weighted by atomic mass is 10.1. The van der Waals surface area contributed by atoms with Gasteiger partial charge in [-0.25, -0.2) is 0 Å². The van der Waals surface area contributed by atoms with Crippen molar-refractivity contribution >= 4 is 12.5 Å². The van der Waals surface area contributed by atoms with Gasteiger partial charge in [-0.2, -0.15) is 0 Å². The van der Waals surface area contributed by atoms with E-state index in [4.69, 9.17) is 4.74 Å². The van der Waals surface area contributed by atoms with E-state index in [1.807, 2.05) is 0 Å². The van der Waals surface area contributed by atoms with E-state index in [0.717, 1.165) is 38.1 Å². The lowest BCUT2D eigenvalue weighted by Crippen LogP contribution is -2.29. The molecule has 1 N–H and O–H groups in total. The third-order valence-corrected chi connectivity index (χ3v) is 3.52. The van der Waals surface area contributed by atoms with Crippen molar-refractivity contribution in [3.05, 3.63) is 41.2 Å². The molecule has 18 heavy (non-hydrogen) atoms. The van der Waals surface area contributed by atoms with Gasteiger partial charge in [-0.05, 0) is 43.1 Å². The molecule has 1 aliphatic carbocycles. The molecule has 3 nitrogen and oxygen atoms in total. The molecule has 0 aromatic heterocycles. The van der Waals surface area contributed by atoms with E-state index in [9.17, 15) is 0 Å². The minimum atomic E-state index is 0.427. The highest BCUT2D eigenvalue weighted by atomic mass is 16.5. The first-order chi connectivity index (χ1) is 8.92. The van der Waals surface area contributed by atoms with E-state index in [2.05, 4.69) is 40.7 Å². The SMILES string of the molecule is C(=NC1CCNCC1)OC1=Cc2ccccc2C1. The van der Waals surface area contributed by atoms with Crippen LogP contribution in [0.2, 0.25) is 0 Å². The average molecular weight is 242 g/mol. The zero-order valence-corrected chi connectivity index (χ0v) is 10.4. The van der Waals surface area contributed by atoms with Crippen molar-refractivity contribution in [2.75, 3.05) is 13.1 Å². The number of aliphatic imine (C=N–C) groups is 1. The number of piperidine rings is 1. The molecule has 1 fully saturated rings. The Hall–Kier alpha value is -1.61. The summed E-state index contributed by atoms with van der Waals surface area (Å²) in [6, 6.07) is 8.82. The third-order valence-electron chi connectivity index (χ3n) is 3.52. The van der Waals surface area contributed by atoms with Crippen LogP contribution in [-0.2, 0) is 11.2 Å². The first-order valence-electron chi connectivity index (χ1n) is 6.59. The molecule has 0 amide bonds. The highest BCUT2D eigenvalue weighted by Crippen LogP contribution is 2.24. The van der Waals surface area contributed by atoms with Crippen molar-refractivity contribution in [2.24, 2.45) is 4.99 Å². The van der Waals surface area contributed by atoms with Crippen LogP contribution in [0.5, 0.6) is 0 Å². The second-order valence-electron chi connectivity index (χ2n) is 4.84. The van der Waals surface area contributed by atoms with Crippen LogP contribution in [0.25, 0.3) is 6.08 Å². The molecule has 0 bridgehead atoms. The predicted octanol–water partition coefficient (Wildman–Crippen LogP) is 2.38. The van der Waals surface area contributed by atoms with E-state index < -0.39 is 0 Å². The van der Waals surface area contributed by atoms with Crippen LogP contribution in [0.3, 0.4) is 0 Å². The van der Waals surface area contributed by atoms with Gasteiger partial charge in [0.2, 0.25) is 0 Å². The maximum absolute atomic E-state index is 5.64. The molecule has 0 spiro atoms. The molecule has 3 heteroatoms. The van der Waals surface area contributed by atoms with Crippen molar-refractivity contribution in [1.82, 2.24) is 5.32 Å². The summed E-state index contributed by atoms with van der Waals surface area (Å²) in [6.45, 7) is 2.13. The van der Waals surface area contributed by atoms with Gasteiger partial charge in [0.1, 0.15) is 5.76 Å². The summed E-state index contributed by atoms with van der Waals surface area (Å²) in [5.41, 5.74) is 2.60. The van der Waals surface area contributed by atoms with Crippen LogP contribution >= 0.6 is 0 Å². The van der Waals surface area contributed by atoms with Gasteiger partial charge in [-0.3, -0.25) is 4.99 Å². The summed E-state index contributed by atoms with van der Waals surface area (Å²) in [7, 11) is 0. The molecule has 94 valence electrons. The van der Waals surface area contributed by atoms with E-state index in [1.165, 1.54) is 11.1 Å². The topological polar surface area (TPSA) is 33.6 Å². The maximum Gasteiger partial charge on any atom is 0.176 e. The third kappa shape index (κ3) is 2.62. The number of nitrogens with zero attached hydrogens (tertiary/aromatic N) is 1. The molecule has 1 aromatic carbocycles. The molecular formula is C15H18N2O. The summed E-state index contributed by atoms with van der Waals surface area (Å²) in [6.07, 6.45) is 6.84. The van der Waals surface area contributed by atoms with Crippen molar-refractivity contribution in [3.63, 3.8) is 0 Å². The van der Waals surface area contributed by atoms with Gasteiger partial charge in [0.05, 0.1) is 6.04 Å². The molecule has 0 saturated carbocycles. The fraction of sp³-hybridized carbons (Fsp3) is 0.400. The molecule has 1 aromatic rings. The molecular weight excluding hydrogens is 224 g/mol. The normalized spacial score (nSPS) is 19.9. The molecule has 0 unspecified atom stereocenters. The lowest BCUT2D eigenvalue weighted by Gasteiger charge is -2.18. The van der Waals surface area contributed by atoms with Gasteiger partial charge in [0.25, 0.3) is 0 Å². The summed E-state index contributed by atoms with van der Waals surface area (Å²) < 4.78 is 5.64. The largest absolute Gasteiger partial charge is 0.450 e. The Morgan fingerprint density at radius 3 is 2.89 bits per heavy atom. The number of hydrogen-bond acceptors (Lipinski definition) is 3. The second-order valence-corrected chi connectivity index (χ2v) is 4.84. The fourth-order valence-electron chi connectivity index (χ4n) is 2.46. The molecule has 0 atom stereocenters. The molecule has 0 radical (unpaired) electrons. The lowest BCUT2D eigenvalue weighted by molar-refractivity contribution is 0.410. The van der Waals surface area contributed by atoms with Crippen LogP contribution in [0.15, 0.2) is 35.0 Å². The number of benzene rings is 1. The van der Waals surface area contributed by atoms with E-state index in [0.29, 0.717) is 6.04 Å². The standard InChI is InChI=1S/C15H18N2O/c1-2-4-13-10-15(9-12(13)3-1)18-11-17-14-5-7-16-8-6-14/h1-4,9,11,14,16H,5-8,10H2. The predicted molar refractivity (Wildman–Crippen MR) is 73.6 cm³/mol. The van der Waals surface area contributed by atoms with Crippen molar-refractivity contribution < 1.29 is 4.74 Å². The van der Waals surface area contributed by atoms with E-state index >= 15 is 0 Å². The van der Waals surface area contributed by atoms with Gasteiger partial charge in [0, 0.05) is 6.42 Å². The average Bonchev–Trinajstić information content (AvgIpc) is 2.82. The summed E-state index contributed by atoms with van der Waals surface area (Å²) in [4.78, 5) is 4.48. The molecule has 3 rings (SSSR count). The van der Waals surface area contributed by atoms with E-state index in [1.54, 1.807) is 6.40 Å². The number of rotatable bonds is 3. The van der Waals surface area contributed by atoms with Crippen LogP contribution in [-0.4, -0.2) is 25.5 Å². The Balaban J connectivity index is 1.54. The quantitative estimate of drug-likeness (QED) is 0.652. The van der Waals surface area contributed by atoms with Crippen molar-refractivity contribution in [2.45, 2.75) is 25.3 Å². The first kappa shape index (κ1) is 11.5. The zero-order chi connectivity index (χ0) is 12.2. The first-order valence-corrected chi connectivity index (χ1v) is 6.59. The minimum Gasteiger partial charge on any atom is -0.450 e. The molecule has 1 aliphatic heterocycles. The van der Waals surface area contributed by atoms with Gasteiger partial charge in [0.15, 0.2) is 6.40 Å². The van der Waals surface area contributed by atoms with Crippen LogP contribution in [0.1, 0.15) is 24.0 Å². The van der Waals surface area contributed by atoms with E-state index in [-0.39, 0.29) is 0 Å². The van der Waals surface area contributed by atoms with Crippen molar-refractivity contribution in [1.29, 1.82) is 0 Å². The highest BCUT2D eigenvalue weighted by Gasteiger charge is 2.13. The van der Waals surface area contributed by atoms with Gasteiger partial charge < -0.3 is 10.1 Å². The van der Waals surface area contributed by atoms with Gasteiger partial charge in [-0.15, -0.1) is 0 Å². The number of nitrogens with one attached hydrogen (secondary N) is 1. The minimum absolute atomic E-state index is 0.427. The molecule has 2 aliphatic rings. The smallest absolute Gasteiger partial charge is 0.176 e. The summed E-state index contributed by atoms with van der Waals surface area (Å²) in [5.74, 6) is 0.994. The summed E-state index contributed by atoms with van der Waals surface area (Å²) >= 11 is 0. The van der Waals surface area contributed by atoms with Gasteiger partial charge >= 0.3 is 0 Å². The van der Waals surface area contributed by atoms with Crippen LogP contribution in [0, 0.1) is 0 Å². The Labute approximate surface area is 108 Å². The van der Waals surface area contributed by atoms with Gasteiger partial charge in [-0.1, -0.05) is 24.3 Å². The number of allylic oxidation sites excluding steroid dienone is 1. The zero-order valence-electron chi connectivity index (χ0n) is 10.4. The fourth-order valence-corrected chi connectivity index (χ4v) is 2.46. The number of ether oxygens (including phenoxy) is 1. The molecule has 1 saturated heterocycles. The Morgan fingerprint density at radius 1 is 1.22 bits per heavy atom. The Bertz CT molecular complexity index is 473.